The van der Waals surface area contributed by atoms with Crippen LogP contribution in [0.5, 0.6) is 0 Å². The zero-order valence-corrected chi connectivity index (χ0v) is 19.1. The van der Waals surface area contributed by atoms with Crippen molar-refractivity contribution >= 4 is 23.7 Å². The summed E-state index contributed by atoms with van der Waals surface area (Å²) in [7, 11) is 0. The fourth-order valence-electron chi connectivity index (χ4n) is 3.38. The van der Waals surface area contributed by atoms with Crippen molar-refractivity contribution in [2.24, 2.45) is 0 Å². The highest BCUT2D eigenvalue weighted by Gasteiger charge is 2.49. The van der Waals surface area contributed by atoms with E-state index in [-0.39, 0.29) is 6.61 Å². The fraction of sp³-hybridized carbons (Fsp3) is 0.417. The predicted molar refractivity (Wildman–Crippen MR) is 119 cm³/mol. The summed E-state index contributed by atoms with van der Waals surface area (Å²) in [5.74, 6) is -1.15. The summed E-state index contributed by atoms with van der Waals surface area (Å²) in [6, 6.07) is 17.4. The number of esters is 2. The number of rotatable bonds is 8. The number of hydrogen-bond donors (Lipinski definition) is 1. The van der Waals surface area contributed by atoms with Gasteiger partial charge in [0.15, 0.2) is 12.2 Å². The van der Waals surface area contributed by atoms with Gasteiger partial charge in [0.05, 0.1) is 13.2 Å². The van der Waals surface area contributed by atoms with Crippen molar-refractivity contribution < 1.29 is 33.6 Å². The Morgan fingerprint density at radius 3 is 2.22 bits per heavy atom. The van der Waals surface area contributed by atoms with Gasteiger partial charge in [-0.2, -0.15) is 0 Å². The minimum atomic E-state index is -1.23. The number of aliphatic hydroxyl groups is 1. The molecule has 0 amide bonds. The first-order valence-electron chi connectivity index (χ1n) is 10.4. The Morgan fingerprint density at radius 2 is 1.59 bits per heavy atom. The molecule has 0 aliphatic carbocycles. The Morgan fingerprint density at radius 1 is 0.969 bits per heavy atom. The van der Waals surface area contributed by atoms with Crippen LogP contribution in [-0.2, 0) is 35.1 Å². The molecule has 1 aliphatic rings. The summed E-state index contributed by atoms with van der Waals surface area (Å²) in [4.78, 5) is 24.4. The molecule has 1 fully saturated rings. The van der Waals surface area contributed by atoms with E-state index in [9.17, 15) is 14.7 Å². The van der Waals surface area contributed by atoms with Crippen LogP contribution in [0.1, 0.15) is 25.0 Å². The quantitative estimate of drug-likeness (QED) is 0.601. The molecule has 1 saturated heterocycles. The zero-order chi connectivity index (χ0) is 23.1. The third-order valence-electron chi connectivity index (χ3n) is 4.89. The summed E-state index contributed by atoms with van der Waals surface area (Å²) < 4.78 is 22.7. The van der Waals surface area contributed by atoms with Crippen LogP contribution in [0.25, 0.3) is 0 Å². The minimum absolute atomic E-state index is 0.0750. The van der Waals surface area contributed by atoms with Crippen molar-refractivity contribution in [2.45, 2.75) is 62.1 Å². The van der Waals surface area contributed by atoms with E-state index in [1.807, 2.05) is 61.5 Å². The molecule has 1 heterocycles. The molecule has 1 aliphatic heterocycles. The van der Waals surface area contributed by atoms with Gasteiger partial charge in [-0.1, -0.05) is 59.8 Å². The van der Waals surface area contributed by atoms with Gasteiger partial charge in [0.25, 0.3) is 0 Å². The molecule has 7 nitrogen and oxygen atoms in total. The van der Waals surface area contributed by atoms with E-state index in [1.165, 1.54) is 25.6 Å². The lowest BCUT2D eigenvalue weighted by atomic mass is 9.99. The lowest BCUT2D eigenvalue weighted by molar-refractivity contribution is -0.231. The molecule has 2 aromatic rings. The standard InChI is InChI=1S/C24H28O7S/c1-15-9-11-19(12-10-15)32-24-23(30-17(3)26)22(29-16(2)25)21(27)20(31-24)14-28-13-18-7-5-4-6-8-18/h4-12,20-24,27H,13-14H2,1-3H3/t20-,21+,22+,23-,24+/m1/s1. The Hall–Kier alpha value is -2.39. The molecule has 0 saturated carbocycles. The molecule has 0 bridgehead atoms. The summed E-state index contributed by atoms with van der Waals surface area (Å²) >= 11 is 1.33. The zero-order valence-electron chi connectivity index (χ0n) is 18.3. The number of aliphatic hydroxyl groups excluding tert-OH is 1. The maximum Gasteiger partial charge on any atom is 0.303 e. The van der Waals surface area contributed by atoms with E-state index in [2.05, 4.69) is 0 Å². The van der Waals surface area contributed by atoms with Crippen molar-refractivity contribution in [3.05, 3.63) is 65.7 Å². The number of aryl methyl sites for hydroxylation is 1. The molecule has 0 unspecified atom stereocenters. The highest BCUT2D eigenvalue weighted by atomic mass is 32.2. The monoisotopic (exact) mass is 460 g/mol. The van der Waals surface area contributed by atoms with Crippen LogP contribution in [0.15, 0.2) is 59.5 Å². The normalized spacial score (nSPS) is 25.2. The number of carbonyl (C=O) groups excluding carboxylic acids is 2. The topological polar surface area (TPSA) is 91.3 Å². The molecule has 2 aromatic carbocycles. The molecule has 0 spiro atoms. The molecule has 0 radical (unpaired) electrons. The Labute approximate surface area is 192 Å². The molecular formula is C24H28O7S. The largest absolute Gasteiger partial charge is 0.456 e. The number of carbonyl (C=O) groups is 2. The third-order valence-corrected chi connectivity index (χ3v) is 6.05. The first-order chi connectivity index (χ1) is 15.3. The van der Waals surface area contributed by atoms with Crippen LogP contribution in [0.2, 0.25) is 0 Å². The molecule has 5 atom stereocenters. The average Bonchev–Trinajstić information content (AvgIpc) is 2.75. The molecule has 3 rings (SSSR count). The molecule has 0 aromatic heterocycles. The first kappa shape index (κ1) is 24.3. The van der Waals surface area contributed by atoms with Gasteiger partial charge in [-0.25, -0.2) is 0 Å². The van der Waals surface area contributed by atoms with Gasteiger partial charge in [-0.15, -0.1) is 0 Å². The van der Waals surface area contributed by atoms with E-state index in [4.69, 9.17) is 18.9 Å². The van der Waals surface area contributed by atoms with Crippen molar-refractivity contribution in [2.75, 3.05) is 6.61 Å². The molecule has 8 heteroatoms. The lowest BCUT2D eigenvalue weighted by Gasteiger charge is -2.43. The smallest absolute Gasteiger partial charge is 0.303 e. The second-order valence-corrected chi connectivity index (χ2v) is 8.78. The van der Waals surface area contributed by atoms with Crippen molar-refractivity contribution in [3.63, 3.8) is 0 Å². The summed E-state index contributed by atoms with van der Waals surface area (Å²) in [6.45, 7) is 4.91. The van der Waals surface area contributed by atoms with E-state index in [1.54, 1.807) is 0 Å². The predicted octanol–water partition coefficient (Wildman–Crippen LogP) is 3.25. The van der Waals surface area contributed by atoms with Crippen molar-refractivity contribution in [3.8, 4) is 0 Å². The van der Waals surface area contributed by atoms with E-state index in [0.29, 0.717) is 6.61 Å². The van der Waals surface area contributed by atoms with Crippen LogP contribution in [0.4, 0.5) is 0 Å². The average molecular weight is 461 g/mol. The minimum Gasteiger partial charge on any atom is -0.456 e. The van der Waals surface area contributed by atoms with Crippen molar-refractivity contribution in [1.82, 2.24) is 0 Å². The summed E-state index contributed by atoms with van der Waals surface area (Å²) in [5.41, 5.74) is 1.38. The maximum absolute atomic E-state index is 11.8. The SMILES string of the molecule is CC(=O)O[C@@H]1[C@@H](OC(C)=O)[C@@H](O)[C@@H](COCc2ccccc2)O[C@H]1Sc1ccc(C)cc1. The molecular weight excluding hydrogens is 432 g/mol. The Bertz CT molecular complexity index is 887. The summed E-state index contributed by atoms with van der Waals surface area (Å²) in [6.07, 6.45) is -4.08. The molecule has 172 valence electrons. The van der Waals surface area contributed by atoms with Crippen LogP contribution < -0.4 is 0 Å². The van der Waals surface area contributed by atoms with Gasteiger partial charge in [-0.3, -0.25) is 9.59 Å². The first-order valence-corrected chi connectivity index (χ1v) is 11.2. The highest BCUT2D eigenvalue weighted by Crippen LogP contribution is 2.36. The second kappa shape index (κ2) is 11.5. The van der Waals surface area contributed by atoms with Gasteiger partial charge < -0.3 is 24.1 Å². The second-order valence-electron chi connectivity index (χ2n) is 7.61. The third kappa shape index (κ3) is 6.80. The lowest BCUT2D eigenvalue weighted by Crippen LogP contribution is -2.60. The Balaban J connectivity index is 1.78. The van der Waals surface area contributed by atoms with E-state index < -0.39 is 41.8 Å². The maximum atomic E-state index is 11.8. The number of hydrogen-bond acceptors (Lipinski definition) is 8. The van der Waals surface area contributed by atoms with Crippen LogP contribution in [0.3, 0.4) is 0 Å². The van der Waals surface area contributed by atoms with Crippen LogP contribution >= 0.6 is 11.8 Å². The molecule has 1 N–H and O–H groups in total. The van der Waals surface area contributed by atoms with E-state index >= 15 is 0 Å². The van der Waals surface area contributed by atoms with Gasteiger partial charge in [0.1, 0.15) is 17.6 Å². The van der Waals surface area contributed by atoms with Crippen LogP contribution in [0, 0.1) is 6.92 Å². The van der Waals surface area contributed by atoms with Gasteiger partial charge in [0.2, 0.25) is 0 Å². The van der Waals surface area contributed by atoms with Gasteiger partial charge in [-0.05, 0) is 24.6 Å². The fourth-order valence-corrected chi connectivity index (χ4v) is 4.49. The van der Waals surface area contributed by atoms with Gasteiger partial charge in [0, 0.05) is 18.7 Å². The number of thioether (sulfide) groups is 1. The highest BCUT2D eigenvalue weighted by molar-refractivity contribution is 7.99. The molecule has 32 heavy (non-hydrogen) atoms. The van der Waals surface area contributed by atoms with E-state index in [0.717, 1.165) is 16.0 Å². The van der Waals surface area contributed by atoms with Crippen molar-refractivity contribution in [1.29, 1.82) is 0 Å². The summed E-state index contributed by atoms with van der Waals surface area (Å²) in [5, 5.41) is 10.9. The number of benzene rings is 2. The van der Waals surface area contributed by atoms with Crippen LogP contribution in [-0.4, -0.2) is 53.5 Å². The Kier molecular flexibility index (Phi) is 8.69. The van der Waals surface area contributed by atoms with Gasteiger partial charge >= 0.3 is 11.9 Å². The number of ether oxygens (including phenoxy) is 4.